The smallest absolute Gasteiger partial charge is 0.270 e. The molecule has 1 unspecified atom stereocenters. The summed E-state index contributed by atoms with van der Waals surface area (Å²) in [5.41, 5.74) is 0.760. The van der Waals surface area contributed by atoms with E-state index < -0.39 is 0 Å². The predicted molar refractivity (Wildman–Crippen MR) is 79.9 cm³/mol. The first kappa shape index (κ1) is 14.2. The fraction of sp³-hybridized carbons (Fsp3) is 0.625. The summed E-state index contributed by atoms with van der Waals surface area (Å²) in [5.74, 6) is 0.343. The average Bonchev–Trinajstić information content (AvgIpc) is 3.04. The number of hydrogen-bond acceptors (Lipinski definition) is 2. The van der Waals surface area contributed by atoms with E-state index in [1.165, 1.54) is 0 Å². The van der Waals surface area contributed by atoms with Gasteiger partial charge in [-0.2, -0.15) is 0 Å². The first-order valence-corrected chi connectivity index (χ1v) is 7.84. The number of aromatic amines is 1. The summed E-state index contributed by atoms with van der Waals surface area (Å²) >= 11 is 0. The number of hydrogen-bond donors (Lipinski definition) is 1. The summed E-state index contributed by atoms with van der Waals surface area (Å²) in [5, 5.41) is 0. The van der Waals surface area contributed by atoms with Crippen LogP contribution in [0.1, 0.15) is 43.1 Å². The van der Waals surface area contributed by atoms with Crippen molar-refractivity contribution < 1.29 is 9.59 Å². The van der Waals surface area contributed by atoms with E-state index in [0.717, 1.165) is 45.4 Å². The zero-order valence-corrected chi connectivity index (χ0v) is 12.6. The summed E-state index contributed by atoms with van der Waals surface area (Å²) < 4.78 is 0. The summed E-state index contributed by atoms with van der Waals surface area (Å²) in [7, 11) is 0. The van der Waals surface area contributed by atoms with Crippen LogP contribution in [0.5, 0.6) is 0 Å². The van der Waals surface area contributed by atoms with Crippen molar-refractivity contribution in [2.75, 3.05) is 26.2 Å². The molecule has 0 bridgehead atoms. The predicted octanol–water partition coefficient (Wildman–Crippen LogP) is 1.88. The molecule has 0 radical (unpaired) electrons. The molecule has 5 heteroatoms. The van der Waals surface area contributed by atoms with Crippen LogP contribution >= 0.6 is 0 Å². The quantitative estimate of drug-likeness (QED) is 0.903. The summed E-state index contributed by atoms with van der Waals surface area (Å²) in [4.78, 5) is 31.3. The number of carbonyl (C=O) groups excluding carboxylic acids is 2. The molecule has 1 aromatic heterocycles. The Morgan fingerprint density at radius 2 is 2.24 bits per heavy atom. The largest absolute Gasteiger partial charge is 0.357 e. The van der Waals surface area contributed by atoms with E-state index in [1.807, 2.05) is 28.9 Å². The van der Waals surface area contributed by atoms with Gasteiger partial charge in [0.05, 0.1) is 0 Å². The van der Waals surface area contributed by atoms with Gasteiger partial charge in [0, 0.05) is 44.2 Å². The van der Waals surface area contributed by atoms with Crippen molar-refractivity contribution in [2.24, 2.45) is 5.41 Å². The summed E-state index contributed by atoms with van der Waals surface area (Å²) in [6.45, 7) is 5.19. The van der Waals surface area contributed by atoms with Crippen molar-refractivity contribution in [1.29, 1.82) is 0 Å². The van der Waals surface area contributed by atoms with Crippen LogP contribution < -0.4 is 0 Å². The third-order valence-electron chi connectivity index (χ3n) is 4.91. The van der Waals surface area contributed by atoms with Crippen LogP contribution in [0.15, 0.2) is 18.3 Å². The first-order valence-electron chi connectivity index (χ1n) is 7.84. The van der Waals surface area contributed by atoms with Crippen molar-refractivity contribution >= 4 is 11.8 Å². The van der Waals surface area contributed by atoms with Crippen LogP contribution in [0.25, 0.3) is 0 Å². The molecular weight excluding hydrogens is 266 g/mol. The average molecular weight is 289 g/mol. The number of piperidine rings is 2. The Morgan fingerprint density at radius 3 is 2.95 bits per heavy atom. The molecule has 3 heterocycles. The lowest BCUT2D eigenvalue weighted by Crippen LogP contribution is -2.55. The molecule has 5 nitrogen and oxygen atoms in total. The molecule has 0 aliphatic carbocycles. The van der Waals surface area contributed by atoms with Gasteiger partial charge in [-0.15, -0.1) is 0 Å². The number of likely N-dealkylation sites (tertiary alicyclic amines) is 2. The molecule has 1 spiro atoms. The minimum atomic E-state index is 0.0824. The van der Waals surface area contributed by atoms with E-state index in [1.54, 1.807) is 6.20 Å². The Hall–Kier alpha value is -1.78. The minimum Gasteiger partial charge on any atom is -0.357 e. The van der Waals surface area contributed by atoms with E-state index in [9.17, 15) is 9.59 Å². The van der Waals surface area contributed by atoms with Gasteiger partial charge < -0.3 is 14.8 Å². The van der Waals surface area contributed by atoms with Crippen LogP contribution in [-0.4, -0.2) is 52.8 Å². The van der Waals surface area contributed by atoms with Crippen molar-refractivity contribution in [3.63, 3.8) is 0 Å². The normalized spacial score (nSPS) is 26.4. The van der Waals surface area contributed by atoms with Gasteiger partial charge in [0.1, 0.15) is 5.69 Å². The zero-order chi connectivity index (χ0) is 14.9. The van der Waals surface area contributed by atoms with Gasteiger partial charge in [0.2, 0.25) is 5.91 Å². The van der Waals surface area contributed by atoms with Gasteiger partial charge in [0.15, 0.2) is 0 Å². The first-order chi connectivity index (χ1) is 10.1. The van der Waals surface area contributed by atoms with Gasteiger partial charge in [-0.05, 0) is 38.3 Å². The molecule has 2 saturated heterocycles. The lowest BCUT2D eigenvalue weighted by molar-refractivity contribution is -0.138. The van der Waals surface area contributed by atoms with Gasteiger partial charge in [-0.25, -0.2) is 0 Å². The maximum atomic E-state index is 12.5. The Kier molecular flexibility index (Phi) is 3.74. The van der Waals surface area contributed by atoms with E-state index in [-0.39, 0.29) is 17.2 Å². The summed E-state index contributed by atoms with van der Waals surface area (Å²) in [6, 6.07) is 3.68. The van der Waals surface area contributed by atoms with Gasteiger partial charge >= 0.3 is 0 Å². The van der Waals surface area contributed by atoms with E-state index in [0.29, 0.717) is 12.1 Å². The summed E-state index contributed by atoms with van der Waals surface area (Å²) in [6.07, 6.45) is 5.46. The fourth-order valence-corrected chi connectivity index (χ4v) is 3.74. The molecule has 2 fully saturated rings. The molecule has 1 N–H and O–H groups in total. The molecule has 3 rings (SSSR count). The van der Waals surface area contributed by atoms with E-state index in [2.05, 4.69) is 4.98 Å². The van der Waals surface area contributed by atoms with Crippen LogP contribution in [0.4, 0.5) is 0 Å². The maximum absolute atomic E-state index is 12.5. The number of rotatable bonds is 2. The molecular formula is C16H23N3O2. The third-order valence-corrected chi connectivity index (χ3v) is 4.91. The Morgan fingerprint density at radius 1 is 1.38 bits per heavy atom. The van der Waals surface area contributed by atoms with E-state index >= 15 is 0 Å². The zero-order valence-electron chi connectivity index (χ0n) is 12.6. The lowest BCUT2D eigenvalue weighted by atomic mass is 9.73. The van der Waals surface area contributed by atoms with Crippen molar-refractivity contribution in [2.45, 2.75) is 32.6 Å². The number of nitrogens with one attached hydrogen (secondary N) is 1. The standard InChI is InChI=1S/C16H23N3O2/c1-2-18-11-16(8-6-14(18)20)7-4-10-19(12-16)15(21)13-5-3-9-17-13/h3,5,9,17H,2,4,6-8,10-12H2,1H3. The van der Waals surface area contributed by atoms with Crippen LogP contribution in [-0.2, 0) is 4.79 Å². The highest BCUT2D eigenvalue weighted by Gasteiger charge is 2.42. The topological polar surface area (TPSA) is 56.4 Å². The molecule has 114 valence electrons. The fourth-order valence-electron chi connectivity index (χ4n) is 3.74. The number of amides is 2. The van der Waals surface area contributed by atoms with Gasteiger partial charge in [0.25, 0.3) is 5.91 Å². The Labute approximate surface area is 125 Å². The maximum Gasteiger partial charge on any atom is 0.270 e. The molecule has 0 saturated carbocycles. The second kappa shape index (κ2) is 5.54. The molecule has 1 aromatic rings. The van der Waals surface area contributed by atoms with Crippen LogP contribution in [0.2, 0.25) is 0 Å². The lowest BCUT2D eigenvalue weighted by Gasteiger charge is -2.48. The monoisotopic (exact) mass is 289 g/mol. The van der Waals surface area contributed by atoms with Crippen LogP contribution in [0.3, 0.4) is 0 Å². The van der Waals surface area contributed by atoms with Crippen LogP contribution in [0, 0.1) is 5.41 Å². The van der Waals surface area contributed by atoms with E-state index in [4.69, 9.17) is 0 Å². The number of H-pyrrole nitrogens is 1. The van der Waals surface area contributed by atoms with Gasteiger partial charge in [-0.1, -0.05) is 0 Å². The Balaban J connectivity index is 1.73. The molecule has 2 aliphatic heterocycles. The minimum absolute atomic E-state index is 0.0824. The highest BCUT2D eigenvalue weighted by atomic mass is 16.2. The second-order valence-corrected chi connectivity index (χ2v) is 6.32. The third kappa shape index (κ3) is 2.69. The number of carbonyl (C=O) groups is 2. The van der Waals surface area contributed by atoms with Crippen molar-refractivity contribution in [1.82, 2.24) is 14.8 Å². The molecule has 2 amide bonds. The molecule has 1 atom stereocenters. The second-order valence-electron chi connectivity index (χ2n) is 6.32. The molecule has 21 heavy (non-hydrogen) atoms. The van der Waals surface area contributed by atoms with Crippen molar-refractivity contribution in [3.8, 4) is 0 Å². The highest BCUT2D eigenvalue weighted by Crippen LogP contribution is 2.39. The molecule has 0 aromatic carbocycles. The number of nitrogens with zero attached hydrogens (tertiary/aromatic N) is 2. The van der Waals surface area contributed by atoms with Gasteiger partial charge in [-0.3, -0.25) is 9.59 Å². The highest BCUT2D eigenvalue weighted by molar-refractivity contribution is 5.92. The molecule has 2 aliphatic rings. The SMILES string of the molecule is CCN1CC2(CCCN(C(=O)c3ccc[nH]3)C2)CCC1=O. The Bertz CT molecular complexity index is 526. The van der Waals surface area contributed by atoms with Crippen molar-refractivity contribution in [3.05, 3.63) is 24.0 Å². The number of aromatic nitrogens is 1.